The van der Waals surface area contributed by atoms with Gasteiger partial charge in [-0.05, 0) is 60.4 Å². The standard InChI is InChI=1S/C29H30FNO5/c1-18-7-8-23(14-28(32)35-19(2)16-33-3)26(9-18)34-17-21-11-24-13-27(30)36-29(24)25(12-21)22-6-4-5-20(10-22)15-31/h4-13,19H,14-17,31H2,1-3H3. The molecular formula is C29H30FNO5. The van der Waals surface area contributed by atoms with E-state index >= 15 is 0 Å². The number of hydrogen-bond donors (Lipinski definition) is 1. The van der Waals surface area contributed by atoms with Crippen molar-refractivity contribution in [2.24, 2.45) is 5.73 Å². The molecule has 0 aliphatic carbocycles. The number of furan rings is 1. The number of halogens is 1. The molecule has 6 nitrogen and oxygen atoms in total. The minimum Gasteiger partial charge on any atom is -0.489 e. The molecule has 0 radical (unpaired) electrons. The number of ether oxygens (including phenoxy) is 3. The van der Waals surface area contributed by atoms with Gasteiger partial charge in [0.05, 0.1) is 13.0 Å². The van der Waals surface area contributed by atoms with Gasteiger partial charge in [0.1, 0.15) is 24.0 Å². The first-order valence-electron chi connectivity index (χ1n) is 11.8. The monoisotopic (exact) mass is 491 g/mol. The summed E-state index contributed by atoms with van der Waals surface area (Å²) in [5, 5.41) is 0.641. The molecule has 4 aromatic rings. The van der Waals surface area contributed by atoms with Gasteiger partial charge < -0.3 is 24.4 Å². The van der Waals surface area contributed by atoms with Crippen LogP contribution in [0, 0.1) is 12.9 Å². The molecule has 1 unspecified atom stereocenters. The molecule has 0 aliphatic heterocycles. The van der Waals surface area contributed by atoms with E-state index in [4.69, 9.17) is 24.4 Å². The number of rotatable bonds is 10. The Balaban J connectivity index is 1.60. The van der Waals surface area contributed by atoms with Crippen LogP contribution in [0.1, 0.15) is 29.2 Å². The van der Waals surface area contributed by atoms with Crippen LogP contribution in [0.15, 0.2) is 65.1 Å². The maximum absolute atomic E-state index is 14.0. The number of aryl methyl sites for hydroxylation is 1. The van der Waals surface area contributed by atoms with Crippen molar-refractivity contribution in [2.75, 3.05) is 13.7 Å². The highest BCUT2D eigenvalue weighted by molar-refractivity contribution is 5.93. The molecule has 1 aromatic heterocycles. The minimum atomic E-state index is -0.651. The fraction of sp³-hybridized carbons (Fsp3) is 0.276. The van der Waals surface area contributed by atoms with Crippen molar-refractivity contribution in [3.63, 3.8) is 0 Å². The molecule has 0 fully saturated rings. The zero-order valence-corrected chi connectivity index (χ0v) is 20.7. The first-order valence-corrected chi connectivity index (χ1v) is 11.8. The first-order chi connectivity index (χ1) is 17.4. The number of carbonyl (C=O) groups is 1. The number of methoxy groups -OCH3 is 1. The third-order valence-corrected chi connectivity index (χ3v) is 5.81. The minimum absolute atomic E-state index is 0.0762. The Morgan fingerprint density at radius 1 is 1.08 bits per heavy atom. The lowest BCUT2D eigenvalue weighted by Gasteiger charge is -2.15. The van der Waals surface area contributed by atoms with Gasteiger partial charge in [0.15, 0.2) is 0 Å². The molecule has 4 rings (SSSR count). The molecule has 0 aliphatic rings. The van der Waals surface area contributed by atoms with E-state index in [9.17, 15) is 9.18 Å². The van der Waals surface area contributed by atoms with Gasteiger partial charge in [0.2, 0.25) is 0 Å². The van der Waals surface area contributed by atoms with E-state index in [2.05, 4.69) is 0 Å². The number of fused-ring (bicyclic) bond motifs is 1. The van der Waals surface area contributed by atoms with Crippen LogP contribution in [-0.4, -0.2) is 25.8 Å². The highest BCUT2D eigenvalue weighted by Crippen LogP contribution is 2.33. The smallest absolute Gasteiger partial charge is 0.310 e. The van der Waals surface area contributed by atoms with E-state index in [-0.39, 0.29) is 25.1 Å². The topological polar surface area (TPSA) is 83.9 Å². The van der Waals surface area contributed by atoms with Crippen molar-refractivity contribution in [1.82, 2.24) is 0 Å². The molecule has 188 valence electrons. The maximum atomic E-state index is 14.0. The Bertz CT molecular complexity index is 1360. The van der Waals surface area contributed by atoms with Crippen molar-refractivity contribution < 1.29 is 27.8 Å². The third-order valence-electron chi connectivity index (χ3n) is 5.81. The fourth-order valence-corrected chi connectivity index (χ4v) is 4.14. The Morgan fingerprint density at radius 2 is 1.92 bits per heavy atom. The lowest BCUT2D eigenvalue weighted by atomic mass is 9.99. The summed E-state index contributed by atoms with van der Waals surface area (Å²) in [6.45, 7) is 4.69. The fourth-order valence-electron chi connectivity index (χ4n) is 4.14. The van der Waals surface area contributed by atoms with Gasteiger partial charge >= 0.3 is 5.97 Å². The number of nitrogens with two attached hydrogens (primary N) is 1. The number of hydrogen-bond acceptors (Lipinski definition) is 6. The number of esters is 1. The summed E-state index contributed by atoms with van der Waals surface area (Å²) in [6, 6.07) is 17.9. The second-order valence-corrected chi connectivity index (χ2v) is 8.85. The number of benzene rings is 3. The molecule has 0 amide bonds. The molecule has 36 heavy (non-hydrogen) atoms. The van der Waals surface area contributed by atoms with Crippen molar-refractivity contribution in [3.8, 4) is 16.9 Å². The highest BCUT2D eigenvalue weighted by atomic mass is 19.1. The van der Waals surface area contributed by atoms with Crippen LogP contribution in [0.5, 0.6) is 5.75 Å². The van der Waals surface area contributed by atoms with Gasteiger partial charge in [-0.3, -0.25) is 4.79 Å². The van der Waals surface area contributed by atoms with Crippen molar-refractivity contribution in [2.45, 2.75) is 39.5 Å². The van der Waals surface area contributed by atoms with Crippen LogP contribution in [0.25, 0.3) is 22.1 Å². The quantitative estimate of drug-likeness (QED) is 0.286. The van der Waals surface area contributed by atoms with E-state index < -0.39 is 6.01 Å². The van der Waals surface area contributed by atoms with Gasteiger partial charge in [-0.1, -0.05) is 30.3 Å². The van der Waals surface area contributed by atoms with Crippen molar-refractivity contribution in [1.29, 1.82) is 0 Å². The van der Waals surface area contributed by atoms with E-state index in [1.165, 1.54) is 6.07 Å². The molecule has 0 saturated heterocycles. The molecule has 1 heterocycles. The summed E-state index contributed by atoms with van der Waals surface area (Å²) in [6.07, 6.45) is -0.261. The summed E-state index contributed by atoms with van der Waals surface area (Å²) in [5.41, 5.74) is 11.4. The van der Waals surface area contributed by atoms with Crippen LogP contribution in [0.3, 0.4) is 0 Å². The summed E-state index contributed by atoms with van der Waals surface area (Å²) in [4.78, 5) is 12.4. The first kappa shape index (κ1) is 25.4. The summed E-state index contributed by atoms with van der Waals surface area (Å²) >= 11 is 0. The highest BCUT2D eigenvalue weighted by Gasteiger charge is 2.16. The molecule has 2 N–H and O–H groups in total. The van der Waals surface area contributed by atoms with Crippen molar-refractivity contribution >= 4 is 16.9 Å². The summed E-state index contributed by atoms with van der Waals surface area (Å²) < 4.78 is 36.0. The molecular weight excluding hydrogens is 461 g/mol. The van der Waals surface area contributed by atoms with Crippen LogP contribution < -0.4 is 10.5 Å². The average molecular weight is 492 g/mol. The Labute approximate surface area is 209 Å². The molecule has 3 aromatic carbocycles. The van der Waals surface area contributed by atoms with E-state index in [0.29, 0.717) is 29.9 Å². The molecule has 7 heteroatoms. The predicted octanol–water partition coefficient (Wildman–Crippen LogP) is 5.71. The van der Waals surface area contributed by atoms with Crippen LogP contribution in [0.2, 0.25) is 0 Å². The summed E-state index contributed by atoms with van der Waals surface area (Å²) in [5.74, 6) is 0.238. The molecule has 0 bridgehead atoms. The maximum Gasteiger partial charge on any atom is 0.310 e. The van der Waals surface area contributed by atoms with Crippen LogP contribution in [0.4, 0.5) is 4.39 Å². The third kappa shape index (κ3) is 6.11. The largest absolute Gasteiger partial charge is 0.489 e. The van der Waals surface area contributed by atoms with Crippen molar-refractivity contribution in [3.05, 3.63) is 88.9 Å². The SMILES string of the molecule is COCC(C)OC(=O)Cc1ccc(C)cc1OCc1cc(-c2cccc(CN)c2)c2oc(F)cc2c1. The zero-order chi connectivity index (χ0) is 25.7. The van der Waals surface area contributed by atoms with Gasteiger partial charge in [0, 0.05) is 36.2 Å². The predicted molar refractivity (Wildman–Crippen MR) is 136 cm³/mol. The van der Waals surface area contributed by atoms with E-state index in [1.54, 1.807) is 14.0 Å². The Hall–Kier alpha value is -3.68. The lowest BCUT2D eigenvalue weighted by molar-refractivity contribution is -0.149. The molecule has 1 atom stereocenters. The summed E-state index contributed by atoms with van der Waals surface area (Å²) in [7, 11) is 1.56. The van der Waals surface area contributed by atoms with Gasteiger partial charge in [-0.25, -0.2) is 0 Å². The Morgan fingerprint density at radius 3 is 2.69 bits per heavy atom. The Kier molecular flexibility index (Phi) is 8.03. The van der Waals surface area contributed by atoms with Crippen LogP contribution in [-0.2, 0) is 33.8 Å². The average Bonchev–Trinajstić information content (AvgIpc) is 3.23. The van der Waals surface area contributed by atoms with Gasteiger partial charge in [-0.2, -0.15) is 4.39 Å². The van der Waals surface area contributed by atoms with Gasteiger partial charge in [-0.15, -0.1) is 0 Å². The normalized spacial score (nSPS) is 12.0. The second-order valence-electron chi connectivity index (χ2n) is 8.85. The van der Waals surface area contributed by atoms with Crippen LogP contribution >= 0.6 is 0 Å². The molecule has 0 saturated carbocycles. The number of carbonyl (C=O) groups excluding carboxylic acids is 1. The van der Waals surface area contributed by atoms with E-state index in [0.717, 1.165) is 33.4 Å². The lowest BCUT2D eigenvalue weighted by Crippen LogP contribution is -2.21. The van der Waals surface area contributed by atoms with E-state index in [1.807, 2.05) is 61.5 Å². The van der Waals surface area contributed by atoms with Gasteiger partial charge in [0.25, 0.3) is 6.01 Å². The zero-order valence-electron chi connectivity index (χ0n) is 20.7. The molecule has 0 spiro atoms. The second kappa shape index (κ2) is 11.4.